The summed E-state index contributed by atoms with van der Waals surface area (Å²) >= 11 is 5.57. The maximum atomic E-state index is 5.57. The maximum Gasteiger partial charge on any atom is 0.0110 e. The molecule has 0 heterocycles. The van der Waals surface area contributed by atoms with Crippen LogP contribution in [-0.2, 0) is 0 Å². The first-order chi connectivity index (χ1) is 3.77. The minimum Gasteiger partial charge on any atom is -0.0898 e. The Kier molecular flexibility index (Phi) is 5.19. The van der Waals surface area contributed by atoms with E-state index in [2.05, 4.69) is 13.0 Å². The molecule has 0 nitrogen and oxygen atoms in total. The molecule has 0 aromatic carbocycles. The Morgan fingerprint density at radius 3 is 2.62 bits per heavy atom. The SMILES string of the molecule is CCCC/C=C(\C)Cl. The number of hydrogen-bond acceptors (Lipinski definition) is 0. The van der Waals surface area contributed by atoms with Crippen molar-refractivity contribution in [2.24, 2.45) is 0 Å². The fourth-order valence-corrected chi connectivity index (χ4v) is 0.614. The fraction of sp³-hybridized carbons (Fsp3) is 0.714. The fourth-order valence-electron chi connectivity index (χ4n) is 0.505. The van der Waals surface area contributed by atoms with Crippen LogP contribution in [0.4, 0.5) is 0 Å². The zero-order chi connectivity index (χ0) is 6.41. The molecule has 0 N–H and O–H groups in total. The molecule has 0 bridgehead atoms. The average Bonchev–Trinajstić information content (AvgIpc) is 1.66. The lowest BCUT2D eigenvalue weighted by Crippen LogP contribution is -1.66. The molecular weight excluding hydrogens is 120 g/mol. The summed E-state index contributed by atoms with van der Waals surface area (Å²) in [7, 11) is 0. The van der Waals surface area contributed by atoms with Crippen LogP contribution in [0.3, 0.4) is 0 Å². The lowest BCUT2D eigenvalue weighted by atomic mass is 10.2. The van der Waals surface area contributed by atoms with E-state index in [1.54, 1.807) is 0 Å². The Morgan fingerprint density at radius 1 is 1.62 bits per heavy atom. The number of halogens is 1. The van der Waals surface area contributed by atoms with Gasteiger partial charge in [-0.3, -0.25) is 0 Å². The number of hydrogen-bond donors (Lipinski definition) is 0. The van der Waals surface area contributed by atoms with E-state index in [1.165, 1.54) is 12.8 Å². The highest BCUT2D eigenvalue weighted by molar-refractivity contribution is 6.29. The first-order valence-electron chi connectivity index (χ1n) is 3.09. The van der Waals surface area contributed by atoms with E-state index < -0.39 is 0 Å². The maximum absolute atomic E-state index is 5.57. The van der Waals surface area contributed by atoms with Gasteiger partial charge in [0.1, 0.15) is 0 Å². The van der Waals surface area contributed by atoms with E-state index in [4.69, 9.17) is 11.6 Å². The second-order valence-electron chi connectivity index (χ2n) is 1.93. The minimum absolute atomic E-state index is 0.915. The van der Waals surface area contributed by atoms with Crippen molar-refractivity contribution in [3.63, 3.8) is 0 Å². The van der Waals surface area contributed by atoms with Gasteiger partial charge >= 0.3 is 0 Å². The molecular formula is C7H13Cl. The highest BCUT2D eigenvalue weighted by Crippen LogP contribution is 2.03. The van der Waals surface area contributed by atoms with Crippen molar-refractivity contribution in [2.75, 3.05) is 0 Å². The van der Waals surface area contributed by atoms with Crippen molar-refractivity contribution >= 4 is 11.6 Å². The zero-order valence-corrected chi connectivity index (χ0v) is 6.33. The largest absolute Gasteiger partial charge is 0.0898 e. The van der Waals surface area contributed by atoms with Crippen LogP contribution in [0.1, 0.15) is 33.1 Å². The van der Waals surface area contributed by atoms with Crippen LogP contribution in [-0.4, -0.2) is 0 Å². The molecule has 48 valence electrons. The highest BCUT2D eigenvalue weighted by atomic mass is 35.5. The van der Waals surface area contributed by atoms with Crippen LogP contribution < -0.4 is 0 Å². The third-order valence-electron chi connectivity index (χ3n) is 0.983. The smallest absolute Gasteiger partial charge is 0.0110 e. The number of allylic oxidation sites excluding steroid dienone is 2. The summed E-state index contributed by atoms with van der Waals surface area (Å²) in [6, 6.07) is 0. The first-order valence-corrected chi connectivity index (χ1v) is 3.47. The van der Waals surface area contributed by atoms with Gasteiger partial charge in [0, 0.05) is 5.03 Å². The third-order valence-corrected chi connectivity index (χ3v) is 1.14. The van der Waals surface area contributed by atoms with Crippen molar-refractivity contribution in [2.45, 2.75) is 33.1 Å². The summed E-state index contributed by atoms with van der Waals surface area (Å²) < 4.78 is 0. The van der Waals surface area contributed by atoms with Gasteiger partial charge in [0.2, 0.25) is 0 Å². The summed E-state index contributed by atoms with van der Waals surface area (Å²) in [5.74, 6) is 0. The van der Waals surface area contributed by atoms with Crippen molar-refractivity contribution in [3.8, 4) is 0 Å². The second kappa shape index (κ2) is 5.17. The lowest BCUT2D eigenvalue weighted by Gasteiger charge is -1.87. The molecule has 0 aliphatic heterocycles. The minimum atomic E-state index is 0.915. The van der Waals surface area contributed by atoms with Gasteiger partial charge in [-0.15, -0.1) is 0 Å². The molecule has 1 heteroatoms. The Morgan fingerprint density at radius 2 is 2.25 bits per heavy atom. The van der Waals surface area contributed by atoms with Gasteiger partial charge in [0.05, 0.1) is 0 Å². The molecule has 0 aliphatic rings. The molecule has 0 fully saturated rings. The Hall–Kier alpha value is 0.0300. The van der Waals surface area contributed by atoms with E-state index in [0.29, 0.717) is 0 Å². The average molecular weight is 133 g/mol. The number of rotatable bonds is 3. The van der Waals surface area contributed by atoms with Crippen LogP contribution in [0.2, 0.25) is 0 Å². The Labute approximate surface area is 56.5 Å². The molecule has 0 aliphatic carbocycles. The summed E-state index contributed by atoms with van der Waals surface area (Å²) in [6.07, 6.45) is 5.70. The summed E-state index contributed by atoms with van der Waals surface area (Å²) in [5, 5.41) is 0.915. The molecule has 0 spiro atoms. The van der Waals surface area contributed by atoms with Gasteiger partial charge < -0.3 is 0 Å². The van der Waals surface area contributed by atoms with E-state index in [0.717, 1.165) is 11.5 Å². The Balaban J connectivity index is 3.03. The second-order valence-corrected chi connectivity index (χ2v) is 2.53. The number of unbranched alkanes of at least 4 members (excludes halogenated alkanes) is 2. The molecule has 0 saturated heterocycles. The van der Waals surface area contributed by atoms with Gasteiger partial charge in [-0.05, 0) is 13.3 Å². The third kappa shape index (κ3) is 6.03. The molecule has 0 amide bonds. The van der Waals surface area contributed by atoms with E-state index in [9.17, 15) is 0 Å². The van der Waals surface area contributed by atoms with Crippen LogP contribution in [0.25, 0.3) is 0 Å². The predicted molar refractivity (Wildman–Crippen MR) is 39.1 cm³/mol. The molecule has 0 aromatic heterocycles. The molecule has 0 atom stereocenters. The van der Waals surface area contributed by atoms with Crippen LogP contribution in [0.15, 0.2) is 11.1 Å². The van der Waals surface area contributed by atoms with Gasteiger partial charge in [0.15, 0.2) is 0 Å². The van der Waals surface area contributed by atoms with Crippen molar-refractivity contribution in [3.05, 3.63) is 11.1 Å². The molecule has 0 rings (SSSR count). The molecule has 0 saturated carbocycles. The lowest BCUT2D eigenvalue weighted by molar-refractivity contribution is 0.813. The van der Waals surface area contributed by atoms with Crippen LogP contribution in [0, 0.1) is 0 Å². The molecule has 0 radical (unpaired) electrons. The van der Waals surface area contributed by atoms with Crippen LogP contribution >= 0.6 is 11.6 Å². The van der Waals surface area contributed by atoms with Gasteiger partial charge in [-0.2, -0.15) is 0 Å². The van der Waals surface area contributed by atoms with Crippen molar-refractivity contribution in [1.82, 2.24) is 0 Å². The van der Waals surface area contributed by atoms with Gasteiger partial charge in [0.25, 0.3) is 0 Å². The van der Waals surface area contributed by atoms with E-state index in [1.807, 2.05) is 6.92 Å². The van der Waals surface area contributed by atoms with Crippen molar-refractivity contribution in [1.29, 1.82) is 0 Å². The van der Waals surface area contributed by atoms with Gasteiger partial charge in [-0.1, -0.05) is 37.4 Å². The highest BCUT2D eigenvalue weighted by Gasteiger charge is 1.79. The van der Waals surface area contributed by atoms with E-state index in [-0.39, 0.29) is 0 Å². The standard InChI is InChI=1S/C7H13Cl/c1-3-4-5-6-7(2)8/h6H,3-5H2,1-2H3/b7-6+. The normalized spacial score (nSPS) is 12.1. The quantitative estimate of drug-likeness (QED) is 0.517. The zero-order valence-electron chi connectivity index (χ0n) is 5.58. The topological polar surface area (TPSA) is 0 Å². The van der Waals surface area contributed by atoms with Crippen LogP contribution in [0.5, 0.6) is 0 Å². The first kappa shape index (κ1) is 8.03. The summed E-state index contributed by atoms with van der Waals surface area (Å²) in [4.78, 5) is 0. The Bertz CT molecular complexity index is 70.5. The van der Waals surface area contributed by atoms with E-state index >= 15 is 0 Å². The summed E-state index contributed by atoms with van der Waals surface area (Å²) in [5.41, 5.74) is 0. The molecule has 0 unspecified atom stereocenters. The monoisotopic (exact) mass is 132 g/mol. The summed E-state index contributed by atoms with van der Waals surface area (Å²) in [6.45, 7) is 4.09. The van der Waals surface area contributed by atoms with Crippen molar-refractivity contribution < 1.29 is 0 Å². The van der Waals surface area contributed by atoms with Gasteiger partial charge in [-0.25, -0.2) is 0 Å². The molecule has 8 heavy (non-hydrogen) atoms. The predicted octanol–water partition coefficient (Wildman–Crippen LogP) is 3.32. The molecule has 0 aromatic rings.